The number of piperazine rings is 1. The van der Waals surface area contributed by atoms with Crippen molar-refractivity contribution < 1.29 is 9.21 Å². The van der Waals surface area contributed by atoms with Gasteiger partial charge < -0.3 is 19.5 Å². The van der Waals surface area contributed by atoms with Crippen LogP contribution in [-0.2, 0) is 0 Å². The molecule has 1 aliphatic heterocycles. The van der Waals surface area contributed by atoms with Gasteiger partial charge in [-0.05, 0) is 60.6 Å². The summed E-state index contributed by atoms with van der Waals surface area (Å²) < 4.78 is 5.45. The van der Waals surface area contributed by atoms with Gasteiger partial charge >= 0.3 is 5.63 Å². The van der Waals surface area contributed by atoms with Crippen molar-refractivity contribution in [2.45, 2.75) is 6.92 Å². The summed E-state index contributed by atoms with van der Waals surface area (Å²) in [6, 6.07) is 24.2. The molecule has 34 heavy (non-hydrogen) atoms. The predicted octanol–water partition coefficient (Wildman–Crippen LogP) is 4.85. The molecule has 1 amide bonds. The summed E-state index contributed by atoms with van der Waals surface area (Å²) in [5.74, 6) is -0.226. The van der Waals surface area contributed by atoms with Crippen molar-refractivity contribution in [2.75, 3.05) is 42.9 Å². The molecular formula is C28H27N3O3. The normalized spacial score (nSPS) is 14.3. The molecule has 1 aromatic heterocycles. The van der Waals surface area contributed by atoms with Crippen molar-refractivity contribution in [3.8, 4) is 11.1 Å². The van der Waals surface area contributed by atoms with E-state index >= 15 is 0 Å². The molecule has 6 nitrogen and oxygen atoms in total. The van der Waals surface area contributed by atoms with Crippen molar-refractivity contribution in [3.63, 3.8) is 0 Å². The van der Waals surface area contributed by atoms with Gasteiger partial charge in [0.25, 0.3) is 5.91 Å². The Kier molecular flexibility index (Phi) is 6.14. The van der Waals surface area contributed by atoms with E-state index in [4.69, 9.17) is 4.42 Å². The van der Waals surface area contributed by atoms with E-state index in [0.29, 0.717) is 22.3 Å². The Hall–Kier alpha value is -3.90. The quantitative estimate of drug-likeness (QED) is 0.438. The fourth-order valence-corrected chi connectivity index (χ4v) is 4.37. The molecule has 3 aromatic carbocycles. The third kappa shape index (κ3) is 4.58. The lowest BCUT2D eigenvalue weighted by molar-refractivity contribution is 0.102. The summed E-state index contributed by atoms with van der Waals surface area (Å²) >= 11 is 0. The van der Waals surface area contributed by atoms with Crippen LogP contribution in [0.3, 0.4) is 0 Å². The summed E-state index contributed by atoms with van der Waals surface area (Å²) in [7, 11) is 0. The van der Waals surface area contributed by atoms with E-state index < -0.39 is 5.63 Å². The average molecular weight is 454 g/mol. The zero-order valence-corrected chi connectivity index (χ0v) is 19.2. The van der Waals surface area contributed by atoms with Gasteiger partial charge in [0, 0.05) is 48.5 Å². The fourth-order valence-electron chi connectivity index (χ4n) is 4.37. The third-order valence-corrected chi connectivity index (χ3v) is 6.39. The number of carbonyl (C=O) groups is 1. The van der Waals surface area contributed by atoms with Crippen molar-refractivity contribution in [1.29, 1.82) is 0 Å². The molecular weight excluding hydrogens is 426 g/mol. The van der Waals surface area contributed by atoms with E-state index in [-0.39, 0.29) is 5.91 Å². The molecule has 0 atom stereocenters. The van der Waals surface area contributed by atoms with E-state index in [0.717, 1.165) is 43.8 Å². The van der Waals surface area contributed by atoms with Crippen molar-refractivity contribution in [1.82, 2.24) is 4.90 Å². The number of hydrogen-bond donors (Lipinski definition) is 1. The minimum Gasteiger partial charge on any atom is -0.422 e. The molecule has 172 valence electrons. The maximum absolute atomic E-state index is 12.9. The summed E-state index contributed by atoms with van der Waals surface area (Å²) in [5, 5.41) is 3.80. The summed E-state index contributed by atoms with van der Waals surface area (Å²) in [6.07, 6.45) is 0. The molecule has 1 aliphatic rings. The minimum atomic E-state index is -0.424. The highest BCUT2D eigenvalue weighted by atomic mass is 16.4. The Balaban J connectivity index is 1.31. The lowest BCUT2D eigenvalue weighted by atomic mass is 10.0. The number of benzene rings is 3. The number of rotatable bonds is 5. The Morgan fingerprint density at radius 3 is 2.44 bits per heavy atom. The Labute approximate surface area is 198 Å². The van der Waals surface area contributed by atoms with Crippen LogP contribution in [0.15, 0.2) is 88.1 Å². The Morgan fingerprint density at radius 2 is 1.68 bits per heavy atom. The summed E-state index contributed by atoms with van der Waals surface area (Å²) in [5.41, 5.74) is 3.57. The first kappa shape index (κ1) is 21.9. The van der Waals surface area contributed by atoms with Gasteiger partial charge in [-0.1, -0.05) is 37.3 Å². The number of nitrogens with zero attached hydrogens (tertiary/aromatic N) is 2. The highest BCUT2D eigenvalue weighted by Crippen LogP contribution is 2.23. The van der Waals surface area contributed by atoms with Gasteiger partial charge in [-0.25, -0.2) is 4.79 Å². The molecule has 1 fully saturated rings. The van der Waals surface area contributed by atoms with Crippen LogP contribution in [0.2, 0.25) is 0 Å². The molecule has 0 spiro atoms. The van der Waals surface area contributed by atoms with Gasteiger partial charge in [0.15, 0.2) is 0 Å². The third-order valence-electron chi connectivity index (χ3n) is 6.39. The monoisotopic (exact) mass is 453 g/mol. The van der Waals surface area contributed by atoms with E-state index in [2.05, 4.69) is 22.0 Å². The number of nitrogens with one attached hydrogen (secondary N) is 1. The molecule has 0 aliphatic carbocycles. The maximum atomic E-state index is 12.9. The topological polar surface area (TPSA) is 65.8 Å². The number of para-hydroxylation sites is 1. The van der Waals surface area contributed by atoms with Crippen molar-refractivity contribution >= 4 is 28.3 Å². The number of anilines is 2. The van der Waals surface area contributed by atoms with Crippen LogP contribution in [0.5, 0.6) is 0 Å². The molecule has 0 radical (unpaired) electrons. The van der Waals surface area contributed by atoms with Gasteiger partial charge in [-0.2, -0.15) is 0 Å². The number of hydrogen-bond acceptors (Lipinski definition) is 5. The SMILES string of the molecule is CCN1CCN(c2ccc(NC(=O)c3cccc(-c4cc5ccccc5oc4=O)c3)cc2)CC1. The van der Waals surface area contributed by atoms with Crippen LogP contribution >= 0.6 is 0 Å². The van der Waals surface area contributed by atoms with Crippen molar-refractivity contribution in [3.05, 3.63) is 94.8 Å². The molecule has 1 N–H and O–H groups in total. The van der Waals surface area contributed by atoms with Gasteiger partial charge in [0.1, 0.15) is 5.58 Å². The van der Waals surface area contributed by atoms with Crippen LogP contribution < -0.4 is 15.8 Å². The first-order valence-corrected chi connectivity index (χ1v) is 11.6. The van der Waals surface area contributed by atoms with Crippen LogP contribution in [0.25, 0.3) is 22.1 Å². The zero-order chi connectivity index (χ0) is 23.5. The highest BCUT2D eigenvalue weighted by molar-refractivity contribution is 6.05. The van der Waals surface area contributed by atoms with E-state index in [1.54, 1.807) is 30.3 Å². The Bertz CT molecular complexity index is 1370. The largest absolute Gasteiger partial charge is 0.422 e. The number of carbonyl (C=O) groups excluding carboxylic acids is 1. The van der Waals surface area contributed by atoms with Crippen LogP contribution in [0.1, 0.15) is 17.3 Å². The standard InChI is InChI=1S/C28H27N3O3/c1-2-30-14-16-31(17-15-30)24-12-10-23(11-13-24)29-27(32)22-8-5-7-20(18-22)25-19-21-6-3-4-9-26(21)34-28(25)33/h3-13,18-19H,2,14-17H2,1H3,(H,29,32). The first-order chi connectivity index (χ1) is 16.6. The fraction of sp³-hybridized carbons (Fsp3) is 0.214. The van der Waals surface area contributed by atoms with Gasteiger partial charge in [-0.15, -0.1) is 0 Å². The lowest BCUT2D eigenvalue weighted by Gasteiger charge is -2.35. The minimum absolute atomic E-state index is 0.226. The van der Waals surface area contributed by atoms with E-state index in [1.165, 1.54) is 5.69 Å². The summed E-state index contributed by atoms with van der Waals surface area (Å²) in [4.78, 5) is 30.3. The second-order valence-electron chi connectivity index (χ2n) is 8.49. The predicted molar refractivity (Wildman–Crippen MR) is 137 cm³/mol. The van der Waals surface area contributed by atoms with Gasteiger partial charge in [0.05, 0.1) is 5.56 Å². The van der Waals surface area contributed by atoms with Gasteiger partial charge in [-0.3, -0.25) is 4.79 Å². The molecule has 6 heteroatoms. The maximum Gasteiger partial charge on any atom is 0.344 e. The van der Waals surface area contributed by atoms with Crippen LogP contribution in [-0.4, -0.2) is 43.5 Å². The van der Waals surface area contributed by atoms with E-state index in [9.17, 15) is 9.59 Å². The highest BCUT2D eigenvalue weighted by Gasteiger charge is 2.16. The summed E-state index contributed by atoms with van der Waals surface area (Å²) in [6.45, 7) is 7.44. The zero-order valence-electron chi connectivity index (χ0n) is 19.2. The number of amides is 1. The molecule has 0 bridgehead atoms. The second kappa shape index (κ2) is 9.53. The first-order valence-electron chi connectivity index (χ1n) is 11.6. The molecule has 5 rings (SSSR count). The van der Waals surface area contributed by atoms with Crippen molar-refractivity contribution in [2.24, 2.45) is 0 Å². The smallest absolute Gasteiger partial charge is 0.344 e. The molecule has 4 aromatic rings. The Morgan fingerprint density at radius 1 is 0.912 bits per heavy atom. The number of likely N-dealkylation sites (N-methyl/N-ethyl adjacent to an activating group) is 1. The second-order valence-corrected chi connectivity index (χ2v) is 8.49. The van der Waals surface area contributed by atoms with Crippen LogP contribution in [0.4, 0.5) is 11.4 Å². The lowest BCUT2D eigenvalue weighted by Crippen LogP contribution is -2.46. The number of fused-ring (bicyclic) bond motifs is 1. The van der Waals surface area contributed by atoms with E-state index in [1.807, 2.05) is 48.5 Å². The molecule has 1 saturated heterocycles. The van der Waals surface area contributed by atoms with Gasteiger partial charge in [0.2, 0.25) is 0 Å². The average Bonchev–Trinajstić information content (AvgIpc) is 2.89. The molecule has 0 unspecified atom stereocenters. The van der Waals surface area contributed by atoms with Crippen LogP contribution in [0, 0.1) is 0 Å². The molecule has 2 heterocycles. The molecule has 0 saturated carbocycles.